The molecule has 1 aromatic rings. The van der Waals surface area contributed by atoms with Crippen LogP contribution in [0.4, 0.5) is 0 Å². The standard InChI is InChI=1S/C15H18N2O2/c16-9-11-2-1-3-13(8-11)14(6-7-18)10-17-15(19)12-4-5-12/h1-3,8,12,14,18H,4-7,10H2,(H,17,19). The van der Waals surface area contributed by atoms with Gasteiger partial charge in [0.1, 0.15) is 0 Å². The predicted molar refractivity (Wildman–Crippen MR) is 71.3 cm³/mol. The highest BCUT2D eigenvalue weighted by atomic mass is 16.3. The summed E-state index contributed by atoms with van der Waals surface area (Å²) in [5, 5.41) is 21.0. The number of rotatable bonds is 6. The van der Waals surface area contributed by atoms with Gasteiger partial charge >= 0.3 is 0 Å². The molecule has 1 aliphatic carbocycles. The SMILES string of the molecule is N#Cc1cccc(C(CCO)CNC(=O)C2CC2)c1. The van der Waals surface area contributed by atoms with Crippen LogP contribution < -0.4 is 5.32 Å². The Morgan fingerprint density at radius 3 is 2.95 bits per heavy atom. The van der Waals surface area contributed by atoms with Crippen molar-refractivity contribution in [3.63, 3.8) is 0 Å². The Kier molecular flexibility index (Phi) is 4.53. The Morgan fingerprint density at radius 2 is 2.32 bits per heavy atom. The van der Waals surface area contributed by atoms with E-state index >= 15 is 0 Å². The second-order valence-corrected chi connectivity index (χ2v) is 4.97. The van der Waals surface area contributed by atoms with Crippen LogP contribution in [-0.2, 0) is 4.79 Å². The average Bonchev–Trinajstić information content (AvgIpc) is 3.27. The lowest BCUT2D eigenvalue weighted by Gasteiger charge is -2.17. The lowest BCUT2D eigenvalue weighted by Crippen LogP contribution is -2.30. The van der Waals surface area contributed by atoms with Crippen LogP contribution in [0.15, 0.2) is 24.3 Å². The molecule has 1 atom stereocenters. The average molecular weight is 258 g/mol. The zero-order chi connectivity index (χ0) is 13.7. The number of aliphatic hydroxyl groups excluding tert-OH is 1. The fraction of sp³-hybridized carbons (Fsp3) is 0.467. The van der Waals surface area contributed by atoms with Crippen molar-refractivity contribution in [2.75, 3.05) is 13.2 Å². The summed E-state index contributed by atoms with van der Waals surface area (Å²) in [6, 6.07) is 9.45. The number of nitrogens with zero attached hydrogens (tertiary/aromatic N) is 1. The molecule has 2 N–H and O–H groups in total. The number of nitrogens with one attached hydrogen (secondary N) is 1. The summed E-state index contributed by atoms with van der Waals surface area (Å²) in [7, 11) is 0. The molecule has 1 unspecified atom stereocenters. The van der Waals surface area contributed by atoms with Crippen molar-refractivity contribution in [1.82, 2.24) is 5.32 Å². The monoisotopic (exact) mass is 258 g/mol. The molecule has 0 saturated heterocycles. The van der Waals surface area contributed by atoms with Crippen molar-refractivity contribution in [2.45, 2.75) is 25.2 Å². The summed E-state index contributed by atoms with van der Waals surface area (Å²) < 4.78 is 0. The van der Waals surface area contributed by atoms with Crippen LogP contribution in [0, 0.1) is 17.2 Å². The van der Waals surface area contributed by atoms with Crippen LogP contribution in [0.1, 0.15) is 36.3 Å². The number of carbonyl (C=O) groups is 1. The van der Waals surface area contributed by atoms with Crippen LogP contribution in [0.5, 0.6) is 0 Å². The van der Waals surface area contributed by atoms with Gasteiger partial charge in [-0.05, 0) is 37.0 Å². The van der Waals surface area contributed by atoms with Gasteiger partial charge in [-0.25, -0.2) is 0 Å². The number of benzene rings is 1. The maximum absolute atomic E-state index is 11.6. The summed E-state index contributed by atoms with van der Waals surface area (Å²) in [4.78, 5) is 11.6. The highest BCUT2D eigenvalue weighted by molar-refractivity contribution is 5.80. The largest absolute Gasteiger partial charge is 0.396 e. The normalized spacial score (nSPS) is 15.6. The molecule has 1 aliphatic rings. The molecule has 1 fully saturated rings. The molecule has 0 bridgehead atoms. The van der Waals surface area contributed by atoms with E-state index in [-0.39, 0.29) is 24.3 Å². The van der Waals surface area contributed by atoms with Crippen LogP contribution >= 0.6 is 0 Å². The van der Waals surface area contributed by atoms with Crippen molar-refractivity contribution in [2.24, 2.45) is 5.92 Å². The first-order valence-corrected chi connectivity index (χ1v) is 6.63. The molecule has 100 valence electrons. The molecule has 2 rings (SSSR count). The molecule has 19 heavy (non-hydrogen) atoms. The van der Waals surface area contributed by atoms with E-state index in [1.54, 1.807) is 6.07 Å². The Hall–Kier alpha value is -1.86. The number of aliphatic hydroxyl groups is 1. The minimum Gasteiger partial charge on any atom is -0.396 e. The lowest BCUT2D eigenvalue weighted by atomic mass is 9.94. The van der Waals surface area contributed by atoms with E-state index in [4.69, 9.17) is 10.4 Å². The number of amides is 1. The van der Waals surface area contributed by atoms with Crippen LogP contribution in [0.25, 0.3) is 0 Å². The summed E-state index contributed by atoms with van der Waals surface area (Å²) in [5.74, 6) is 0.362. The smallest absolute Gasteiger partial charge is 0.223 e. The molecule has 4 heteroatoms. The first kappa shape index (κ1) is 13.6. The van der Waals surface area contributed by atoms with Gasteiger partial charge in [0.2, 0.25) is 5.91 Å². The van der Waals surface area contributed by atoms with E-state index in [1.807, 2.05) is 18.2 Å². The highest BCUT2D eigenvalue weighted by Gasteiger charge is 2.29. The minimum atomic E-state index is 0.0565. The topological polar surface area (TPSA) is 73.1 Å². The third kappa shape index (κ3) is 3.80. The maximum Gasteiger partial charge on any atom is 0.223 e. The molecular formula is C15H18N2O2. The Morgan fingerprint density at radius 1 is 1.53 bits per heavy atom. The van der Waals surface area contributed by atoms with Crippen molar-refractivity contribution in [3.05, 3.63) is 35.4 Å². The molecule has 0 radical (unpaired) electrons. The van der Waals surface area contributed by atoms with E-state index in [2.05, 4.69) is 11.4 Å². The Bertz CT molecular complexity index is 489. The molecule has 0 aromatic heterocycles. The maximum atomic E-state index is 11.6. The molecular weight excluding hydrogens is 240 g/mol. The third-order valence-electron chi connectivity index (χ3n) is 3.44. The van der Waals surface area contributed by atoms with Crippen molar-refractivity contribution in [3.8, 4) is 6.07 Å². The summed E-state index contributed by atoms with van der Waals surface area (Å²) in [6.07, 6.45) is 2.56. The van der Waals surface area contributed by atoms with Gasteiger partial charge in [0.15, 0.2) is 0 Å². The zero-order valence-corrected chi connectivity index (χ0v) is 10.8. The molecule has 0 aliphatic heterocycles. The van der Waals surface area contributed by atoms with E-state index in [1.165, 1.54) is 0 Å². The number of carbonyl (C=O) groups excluding carboxylic acids is 1. The minimum absolute atomic E-state index is 0.0565. The van der Waals surface area contributed by atoms with Gasteiger partial charge in [0, 0.05) is 25.0 Å². The summed E-state index contributed by atoms with van der Waals surface area (Å²) in [5.41, 5.74) is 1.60. The first-order valence-electron chi connectivity index (χ1n) is 6.63. The second kappa shape index (κ2) is 6.35. The third-order valence-corrected chi connectivity index (χ3v) is 3.44. The van der Waals surface area contributed by atoms with Gasteiger partial charge in [0.25, 0.3) is 0 Å². The van der Waals surface area contributed by atoms with Crippen molar-refractivity contribution < 1.29 is 9.90 Å². The lowest BCUT2D eigenvalue weighted by molar-refractivity contribution is -0.122. The van der Waals surface area contributed by atoms with Crippen molar-refractivity contribution >= 4 is 5.91 Å². The van der Waals surface area contributed by atoms with Crippen LogP contribution in [-0.4, -0.2) is 24.2 Å². The molecule has 1 amide bonds. The number of hydrogen-bond acceptors (Lipinski definition) is 3. The van der Waals surface area contributed by atoms with Gasteiger partial charge in [-0.2, -0.15) is 5.26 Å². The molecule has 1 saturated carbocycles. The fourth-order valence-electron chi connectivity index (χ4n) is 2.12. The van der Waals surface area contributed by atoms with E-state index in [9.17, 15) is 4.79 Å². The highest BCUT2D eigenvalue weighted by Crippen LogP contribution is 2.29. The molecule has 1 aromatic carbocycles. The molecule has 0 spiro atoms. The zero-order valence-electron chi connectivity index (χ0n) is 10.8. The summed E-state index contributed by atoms with van der Waals surface area (Å²) in [6.45, 7) is 0.589. The number of nitriles is 1. The van der Waals surface area contributed by atoms with Gasteiger partial charge in [-0.3, -0.25) is 4.79 Å². The number of hydrogen-bond donors (Lipinski definition) is 2. The first-order chi connectivity index (χ1) is 9.24. The Labute approximate surface area is 113 Å². The van der Waals surface area contributed by atoms with Crippen LogP contribution in [0.2, 0.25) is 0 Å². The van der Waals surface area contributed by atoms with Gasteiger partial charge in [-0.1, -0.05) is 12.1 Å². The van der Waals surface area contributed by atoms with E-state index in [0.717, 1.165) is 18.4 Å². The van der Waals surface area contributed by atoms with Gasteiger partial charge in [0.05, 0.1) is 11.6 Å². The quantitative estimate of drug-likeness (QED) is 0.813. The van der Waals surface area contributed by atoms with E-state index in [0.29, 0.717) is 18.5 Å². The second-order valence-electron chi connectivity index (χ2n) is 4.97. The summed E-state index contributed by atoms with van der Waals surface area (Å²) >= 11 is 0. The fourth-order valence-corrected chi connectivity index (χ4v) is 2.12. The Balaban J connectivity index is 2.01. The predicted octanol–water partition coefficient (Wildman–Crippen LogP) is 1.55. The van der Waals surface area contributed by atoms with Crippen molar-refractivity contribution in [1.29, 1.82) is 5.26 Å². The van der Waals surface area contributed by atoms with Gasteiger partial charge < -0.3 is 10.4 Å². The van der Waals surface area contributed by atoms with Crippen LogP contribution in [0.3, 0.4) is 0 Å². The van der Waals surface area contributed by atoms with E-state index < -0.39 is 0 Å². The molecule has 4 nitrogen and oxygen atoms in total. The molecule has 0 heterocycles. The van der Waals surface area contributed by atoms with Gasteiger partial charge in [-0.15, -0.1) is 0 Å².